The maximum Gasteiger partial charge on any atom is 0.407 e. The Bertz CT molecular complexity index is 486. The summed E-state index contributed by atoms with van der Waals surface area (Å²) < 4.78 is 18.3. The lowest BCUT2D eigenvalue weighted by atomic mass is 10.2. The second kappa shape index (κ2) is 8.97. The molecule has 0 saturated heterocycles. The van der Waals surface area contributed by atoms with Gasteiger partial charge in [0.1, 0.15) is 5.60 Å². The van der Waals surface area contributed by atoms with Gasteiger partial charge in [0.2, 0.25) is 0 Å². The Morgan fingerprint density at radius 1 is 0.852 bits per heavy atom. The van der Waals surface area contributed by atoms with Crippen molar-refractivity contribution in [1.82, 2.24) is 5.32 Å². The molecular weight excluding hydrogens is 374 g/mol. The number of nitrogens with one attached hydrogen (secondary N) is 1. The number of amides is 1. The van der Waals surface area contributed by atoms with Crippen LogP contribution in [0.1, 0.15) is 62.3 Å². The third-order valence-electron chi connectivity index (χ3n) is 5.58. The van der Waals surface area contributed by atoms with Crippen LogP contribution in [0.2, 0.25) is 36.3 Å². The van der Waals surface area contributed by atoms with Crippen LogP contribution in [0.15, 0.2) is 0 Å². The molecule has 0 rings (SSSR count). The average Bonchev–Trinajstić information content (AvgIpc) is 2.37. The summed E-state index contributed by atoms with van der Waals surface area (Å²) >= 11 is 0. The van der Waals surface area contributed by atoms with Crippen molar-refractivity contribution in [3.63, 3.8) is 0 Å². The third-order valence-corrected chi connectivity index (χ3v) is 14.6. The van der Waals surface area contributed by atoms with E-state index >= 15 is 0 Å². The fourth-order valence-corrected chi connectivity index (χ4v) is 4.13. The molecule has 0 heterocycles. The number of ether oxygens (including phenoxy) is 1. The molecule has 0 aliphatic carbocycles. The van der Waals surface area contributed by atoms with E-state index in [-0.39, 0.29) is 16.2 Å². The predicted molar refractivity (Wildman–Crippen MR) is 119 cm³/mol. The van der Waals surface area contributed by atoms with Crippen LogP contribution < -0.4 is 5.32 Å². The van der Waals surface area contributed by atoms with Gasteiger partial charge in [0.05, 0.1) is 12.7 Å². The van der Waals surface area contributed by atoms with Gasteiger partial charge in [0.15, 0.2) is 16.6 Å². The van der Waals surface area contributed by atoms with Crippen molar-refractivity contribution in [2.75, 3.05) is 13.2 Å². The Kier molecular flexibility index (Phi) is 8.84. The maximum atomic E-state index is 12.1. The summed E-state index contributed by atoms with van der Waals surface area (Å²) in [5, 5.41) is 3.08. The number of hydrogen-bond acceptors (Lipinski definition) is 4. The average molecular weight is 420 g/mol. The van der Waals surface area contributed by atoms with Gasteiger partial charge in [-0.15, -0.1) is 0 Å². The van der Waals surface area contributed by atoms with Crippen molar-refractivity contribution in [2.45, 2.75) is 110 Å². The van der Waals surface area contributed by atoms with E-state index in [0.717, 1.165) is 0 Å². The molecule has 0 aromatic carbocycles. The topological polar surface area (TPSA) is 56.8 Å². The summed E-state index contributed by atoms with van der Waals surface area (Å²) in [6, 6.07) is 0. The minimum absolute atomic E-state index is 0.0914. The Morgan fingerprint density at radius 3 is 1.67 bits per heavy atom. The van der Waals surface area contributed by atoms with Crippen LogP contribution in [0, 0.1) is 0 Å². The normalized spacial score (nSPS) is 15.4. The standard InChI is InChI=1S/C20H45NO4Si2/c1-18(2,3)24-17(22)21-14-16(25-27(12,13)20(7,8)9)15-23-26(10,11)19(4,5)6/h16H,14-15H2,1-13H3,(H,21,22)/t16-/m0/s1. The van der Waals surface area contributed by atoms with Gasteiger partial charge in [-0.2, -0.15) is 0 Å². The lowest BCUT2D eigenvalue weighted by Gasteiger charge is -2.41. The van der Waals surface area contributed by atoms with Gasteiger partial charge in [0, 0.05) is 6.54 Å². The first-order valence-corrected chi connectivity index (χ1v) is 15.8. The highest BCUT2D eigenvalue weighted by Gasteiger charge is 2.41. The fraction of sp³-hybridized carbons (Fsp3) is 0.950. The molecule has 0 fully saturated rings. The van der Waals surface area contributed by atoms with Crippen LogP contribution in [0.4, 0.5) is 4.79 Å². The fourth-order valence-electron chi connectivity index (χ4n) is 1.76. The van der Waals surface area contributed by atoms with Crippen molar-refractivity contribution in [1.29, 1.82) is 0 Å². The molecule has 0 unspecified atom stereocenters. The molecule has 0 bridgehead atoms. The monoisotopic (exact) mass is 419 g/mol. The minimum Gasteiger partial charge on any atom is -0.444 e. The third kappa shape index (κ3) is 9.59. The van der Waals surface area contributed by atoms with E-state index in [9.17, 15) is 4.79 Å². The summed E-state index contributed by atoms with van der Waals surface area (Å²) in [4.78, 5) is 12.1. The Balaban J connectivity index is 5.15. The van der Waals surface area contributed by atoms with Crippen molar-refractivity contribution >= 4 is 22.7 Å². The molecule has 27 heavy (non-hydrogen) atoms. The molecule has 0 aliphatic heterocycles. The number of alkyl carbamates (subject to hydrolysis) is 1. The zero-order valence-corrected chi connectivity index (χ0v) is 22.1. The van der Waals surface area contributed by atoms with E-state index in [1.807, 2.05) is 20.8 Å². The molecule has 0 aromatic rings. The molecule has 1 atom stereocenters. The minimum atomic E-state index is -1.99. The van der Waals surface area contributed by atoms with Gasteiger partial charge in [-0.1, -0.05) is 41.5 Å². The van der Waals surface area contributed by atoms with Crippen molar-refractivity contribution in [3.05, 3.63) is 0 Å². The molecule has 1 amide bonds. The Morgan fingerprint density at radius 2 is 1.30 bits per heavy atom. The molecule has 7 heteroatoms. The molecule has 0 saturated carbocycles. The quantitative estimate of drug-likeness (QED) is 0.520. The van der Waals surface area contributed by atoms with E-state index < -0.39 is 28.3 Å². The summed E-state index contributed by atoms with van der Waals surface area (Å²) in [6.45, 7) is 28.7. The van der Waals surface area contributed by atoms with Gasteiger partial charge in [-0.3, -0.25) is 0 Å². The zero-order valence-electron chi connectivity index (χ0n) is 20.1. The predicted octanol–water partition coefficient (Wildman–Crippen LogP) is 5.92. The molecule has 0 aromatic heterocycles. The smallest absolute Gasteiger partial charge is 0.407 e. The number of carbonyl (C=O) groups is 1. The van der Waals surface area contributed by atoms with Gasteiger partial charge in [-0.25, -0.2) is 4.79 Å². The lowest BCUT2D eigenvalue weighted by Crippen LogP contribution is -2.51. The largest absolute Gasteiger partial charge is 0.444 e. The van der Waals surface area contributed by atoms with Crippen LogP contribution >= 0.6 is 0 Å². The maximum absolute atomic E-state index is 12.1. The SMILES string of the molecule is CC(C)(C)OC(=O)NC[C@@H](CO[Si](C)(C)C(C)(C)C)O[Si](C)(C)C(C)(C)C. The second-order valence-electron chi connectivity index (χ2n) is 11.5. The first-order chi connectivity index (χ1) is 11.7. The first kappa shape index (κ1) is 26.6. The highest BCUT2D eigenvalue weighted by molar-refractivity contribution is 6.74. The van der Waals surface area contributed by atoms with Gasteiger partial charge in [-0.05, 0) is 57.0 Å². The molecule has 0 aliphatic rings. The highest BCUT2D eigenvalue weighted by Crippen LogP contribution is 2.39. The van der Waals surface area contributed by atoms with E-state index in [1.54, 1.807) is 0 Å². The Labute approximate surface area is 170 Å². The summed E-state index contributed by atoms with van der Waals surface area (Å²) in [5.41, 5.74) is -0.516. The van der Waals surface area contributed by atoms with Crippen molar-refractivity contribution < 1.29 is 18.4 Å². The summed E-state index contributed by atoms with van der Waals surface area (Å²) in [5.74, 6) is 0. The van der Waals surface area contributed by atoms with Gasteiger partial charge in [0.25, 0.3) is 0 Å². The molecular formula is C20H45NO4Si2. The van der Waals surface area contributed by atoms with Crippen LogP contribution in [0.3, 0.4) is 0 Å². The second-order valence-corrected chi connectivity index (χ2v) is 21.0. The summed E-state index contributed by atoms with van der Waals surface area (Å²) in [7, 11) is -3.88. The molecule has 0 spiro atoms. The molecule has 0 radical (unpaired) electrons. The van der Waals surface area contributed by atoms with E-state index in [4.69, 9.17) is 13.6 Å². The Hall–Kier alpha value is -0.376. The number of hydrogen-bond donors (Lipinski definition) is 1. The molecule has 162 valence electrons. The molecule has 5 nitrogen and oxygen atoms in total. The van der Waals surface area contributed by atoms with Crippen LogP contribution in [-0.2, 0) is 13.6 Å². The van der Waals surface area contributed by atoms with Gasteiger partial charge < -0.3 is 18.9 Å². The number of carbonyl (C=O) groups excluding carboxylic acids is 1. The van der Waals surface area contributed by atoms with Crippen LogP contribution in [0.25, 0.3) is 0 Å². The lowest BCUT2D eigenvalue weighted by molar-refractivity contribution is 0.0468. The molecule has 1 N–H and O–H groups in total. The van der Waals surface area contributed by atoms with Crippen LogP contribution in [0.5, 0.6) is 0 Å². The first-order valence-electron chi connectivity index (χ1n) is 9.97. The van der Waals surface area contributed by atoms with Crippen molar-refractivity contribution in [2.24, 2.45) is 0 Å². The van der Waals surface area contributed by atoms with Gasteiger partial charge >= 0.3 is 6.09 Å². The van der Waals surface area contributed by atoms with E-state index in [1.165, 1.54) is 0 Å². The summed E-state index contributed by atoms with van der Waals surface area (Å²) in [6.07, 6.45) is -0.605. The van der Waals surface area contributed by atoms with E-state index in [0.29, 0.717) is 13.2 Å². The number of rotatable bonds is 7. The van der Waals surface area contributed by atoms with Crippen molar-refractivity contribution in [3.8, 4) is 0 Å². The van der Waals surface area contributed by atoms with Crippen LogP contribution in [-0.4, -0.2) is 47.6 Å². The van der Waals surface area contributed by atoms with E-state index in [2.05, 4.69) is 73.0 Å². The highest BCUT2D eigenvalue weighted by atomic mass is 28.4. The zero-order chi connectivity index (χ0) is 21.9.